The number of amides is 1. The minimum atomic E-state index is -0.138. The van der Waals surface area contributed by atoms with E-state index in [1.807, 2.05) is 26.0 Å². The Morgan fingerprint density at radius 3 is 3.00 bits per heavy atom. The Bertz CT molecular complexity index is 522. The third-order valence-corrected chi connectivity index (χ3v) is 2.85. The molecule has 2 rings (SSSR count). The third kappa shape index (κ3) is 2.56. The predicted octanol–water partition coefficient (Wildman–Crippen LogP) is 1.99. The van der Waals surface area contributed by atoms with Crippen molar-refractivity contribution in [2.45, 2.75) is 26.3 Å². The van der Waals surface area contributed by atoms with Gasteiger partial charge in [-0.25, -0.2) is 0 Å². The quantitative estimate of drug-likeness (QED) is 0.864. The first-order chi connectivity index (χ1) is 8.72. The maximum Gasteiger partial charge on any atom is 0.254 e. The molecule has 2 aromatic rings. The summed E-state index contributed by atoms with van der Waals surface area (Å²) >= 11 is 0. The number of hydrogen-bond donors (Lipinski definition) is 2. The topological polar surface area (TPSA) is 70.7 Å². The van der Waals surface area contributed by atoms with E-state index in [4.69, 9.17) is 0 Å². The fourth-order valence-electron chi connectivity index (χ4n) is 1.84. The molecule has 0 fully saturated rings. The number of carbonyl (C=O) groups excluding carboxylic acids is 1. The van der Waals surface area contributed by atoms with Crippen molar-refractivity contribution in [2.75, 3.05) is 0 Å². The van der Waals surface area contributed by atoms with Gasteiger partial charge in [-0.1, -0.05) is 13.0 Å². The van der Waals surface area contributed by atoms with Crippen molar-refractivity contribution in [3.05, 3.63) is 47.5 Å². The first kappa shape index (κ1) is 12.3. The van der Waals surface area contributed by atoms with Crippen LogP contribution in [0.25, 0.3) is 0 Å². The summed E-state index contributed by atoms with van der Waals surface area (Å²) < 4.78 is 0. The van der Waals surface area contributed by atoms with Crippen molar-refractivity contribution in [1.82, 2.24) is 20.5 Å². The standard InChI is InChI=1S/C13H16N4O/c1-3-11(12-9(2)5-4-6-14-12)17-13(18)10-7-15-16-8-10/h4-8,11H,3H2,1-2H3,(H,15,16)(H,17,18)/t11-/m0/s1. The lowest BCUT2D eigenvalue weighted by molar-refractivity contribution is 0.0934. The van der Waals surface area contributed by atoms with Gasteiger partial charge < -0.3 is 5.32 Å². The molecule has 0 spiro atoms. The normalized spacial score (nSPS) is 12.1. The fraction of sp³-hybridized carbons (Fsp3) is 0.308. The zero-order valence-corrected chi connectivity index (χ0v) is 10.5. The van der Waals surface area contributed by atoms with E-state index < -0.39 is 0 Å². The lowest BCUT2D eigenvalue weighted by Crippen LogP contribution is -2.29. The summed E-state index contributed by atoms with van der Waals surface area (Å²) in [5.74, 6) is -0.138. The van der Waals surface area contributed by atoms with Gasteiger partial charge in [-0.2, -0.15) is 5.10 Å². The Morgan fingerprint density at radius 2 is 2.39 bits per heavy atom. The lowest BCUT2D eigenvalue weighted by Gasteiger charge is -2.17. The molecule has 0 aliphatic rings. The highest BCUT2D eigenvalue weighted by atomic mass is 16.1. The van der Waals surface area contributed by atoms with E-state index >= 15 is 0 Å². The Hall–Kier alpha value is -2.17. The molecule has 0 unspecified atom stereocenters. The predicted molar refractivity (Wildman–Crippen MR) is 68.1 cm³/mol. The van der Waals surface area contributed by atoms with Crippen LogP contribution in [-0.4, -0.2) is 21.1 Å². The maximum atomic E-state index is 12.0. The Morgan fingerprint density at radius 1 is 1.56 bits per heavy atom. The van der Waals surface area contributed by atoms with Gasteiger partial charge >= 0.3 is 0 Å². The van der Waals surface area contributed by atoms with Crippen LogP contribution < -0.4 is 5.32 Å². The van der Waals surface area contributed by atoms with Gasteiger partial charge in [-0.3, -0.25) is 14.9 Å². The second kappa shape index (κ2) is 5.44. The number of aromatic amines is 1. The first-order valence-corrected chi connectivity index (χ1v) is 5.93. The highest BCUT2D eigenvalue weighted by molar-refractivity contribution is 5.93. The SMILES string of the molecule is CC[C@H](NC(=O)c1cn[nH]c1)c1ncccc1C. The summed E-state index contributed by atoms with van der Waals surface area (Å²) in [6.45, 7) is 4.02. The molecule has 0 saturated heterocycles. The number of carbonyl (C=O) groups is 1. The number of nitrogens with one attached hydrogen (secondary N) is 2. The molecule has 18 heavy (non-hydrogen) atoms. The van der Waals surface area contributed by atoms with Crippen LogP contribution in [-0.2, 0) is 0 Å². The van der Waals surface area contributed by atoms with Gasteiger partial charge in [0.1, 0.15) is 0 Å². The summed E-state index contributed by atoms with van der Waals surface area (Å²) in [5.41, 5.74) is 2.52. The van der Waals surface area contributed by atoms with Crippen molar-refractivity contribution < 1.29 is 4.79 Å². The highest BCUT2D eigenvalue weighted by Gasteiger charge is 2.17. The molecule has 1 atom stereocenters. The van der Waals surface area contributed by atoms with Crippen LogP contribution in [0.2, 0.25) is 0 Å². The second-order valence-electron chi connectivity index (χ2n) is 4.13. The number of rotatable bonds is 4. The third-order valence-electron chi connectivity index (χ3n) is 2.85. The molecule has 1 amide bonds. The molecule has 2 aromatic heterocycles. The number of aryl methyl sites for hydroxylation is 1. The first-order valence-electron chi connectivity index (χ1n) is 5.93. The van der Waals surface area contributed by atoms with Crippen LogP contribution in [0.4, 0.5) is 0 Å². The molecular formula is C13H16N4O. The Balaban J connectivity index is 2.16. The highest BCUT2D eigenvalue weighted by Crippen LogP contribution is 2.18. The molecule has 94 valence electrons. The van der Waals surface area contributed by atoms with E-state index in [0.29, 0.717) is 5.56 Å². The largest absolute Gasteiger partial charge is 0.344 e. The summed E-state index contributed by atoms with van der Waals surface area (Å²) in [6.07, 6.45) is 5.62. The van der Waals surface area contributed by atoms with Crippen LogP contribution >= 0.6 is 0 Å². The van der Waals surface area contributed by atoms with Crippen molar-refractivity contribution in [3.63, 3.8) is 0 Å². The van der Waals surface area contributed by atoms with Gasteiger partial charge in [-0.15, -0.1) is 0 Å². The summed E-state index contributed by atoms with van der Waals surface area (Å²) in [7, 11) is 0. The number of aromatic nitrogens is 3. The number of nitrogens with zero attached hydrogens (tertiary/aromatic N) is 2. The van der Waals surface area contributed by atoms with Crippen LogP contribution in [0.3, 0.4) is 0 Å². The molecule has 2 N–H and O–H groups in total. The van der Waals surface area contributed by atoms with Crippen LogP contribution in [0.5, 0.6) is 0 Å². The molecule has 0 aromatic carbocycles. The van der Waals surface area contributed by atoms with E-state index in [1.54, 1.807) is 12.4 Å². The minimum absolute atomic E-state index is 0.0754. The zero-order chi connectivity index (χ0) is 13.0. The van der Waals surface area contributed by atoms with Crippen molar-refractivity contribution in [2.24, 2.45) is 0 Å². The second-order valence-corrected chi connectivity index (χ2v) is 4.13. The van der Waals surface area contributed by atoms with E-state index in [9.17, 15) is 4.79 Å². The molecule has 0 bridgehead atoms. The number of hydrogen-bond acceptors (Lipinski definition) is 3. The van der Waals surface area contributed by atoms with Crippen LogP contribution in [0, 0.1) is 6.92 Å². The van der Waals surface area contributed by atoms with Gasteiger partial charge in [0, 0.05) is 12.4 Å². The maximum absolute atomic E-state index is 12.0. The van der Waals surface area contributed by atoms with Crippen molar-refractivity contribution >= 4 is 5.91 Å². The molecule has 0 saturated carbocycles. The molecule has 5 nitrogen and oxygen atoms in total. The Labute approximate surface area is 106 Å². The Kier molecular flexibility index (Phi) is 3.72. The molecule has 2 heterocycles. The van der Waals surface area contributed by atoms with Gasteiger partial charge in [0.25, 0.3) is 5.91 Å². The monoisotopic (exact) mass is 244 g/mol. The lowest BCUT2D eigenvalue weighted by atomic mass is 10.1. The van der Waals surface area contributed by atoms with Gasteiger partial charge in [0.2, 0.25) is 0 Å². The van der Waals surface area contributed by atoms with Crippen molar-refractivity contribution in [1.29, 1.82) is 0 Å². The molecule has 0 aliphatic carbocycles. The average molecular weight is 244 g/mol. The van der Waals surface area contributed by atoms with E-state index in [2.05, 4.69) is 20.5 Å². The molecular weight excluding hydrogens is 228 g/mol. The van der Waals surface area contributed by atoms with E-state index in [0.717, 1.165) is 17.7 Å². The van der Waals surface area contributed by atoms with E-state index in [-0.39, 0.29) is 11.9 Å². The number of pyridine rings is 1. The van der Waals surface area contributed by atoms with Gasteiger partial charge in [0.05, 0.1) is 23.5 Å². The minimum Gasteiger partial charge on any atom is -0.344 e. The van der Waals surface area contributed by atoms with E-state index in [1.165, 1.54) is 6.20 Å². The average Bonchev–Trinajstić information content (AvgIpc) is 2.90. The summed E-state index contributed by atoms with van der Waals surface area (Å²) in [4.78, 5) is 16.3. The van der Waals surface area contributed by atoms with Crippen LogP contribution in [0.1, 0.15) is 41.0 Å². The van der Waals surface area contributed by atoms with Crippen molar-refractivity contribution in [3.8, 4) is 0 Å². The summed E-state index contributed by atoms with van der Waals surface area (Å²) in [6, 6.07) is 3.81. The number of H-pyrrole nitrogens is 1. The summed E-state index contributed by atoms with van der Waals surface area (Å²) in [5, 5.41) is 9.36. The van der Waals surface area contributed by atoms with Gasteiger partial charge in [-0.05, 0) is 25.0 Å². The molecule has 0 aliphatic heterocycles. The van der Waals surface area contributed by atoms with Crippen LogP contribution in [0.15, 0.2) is 30.7 Å². The molecule has 5 heteroatoms. The smallest absolute Gasteiger partial charge is 0.254 e. The molecule has 0 radical (unpaired) electrons. The fourth-order valence-corrected chi connectivity index (χ4v) is 1.84. The zero-order valence-electron chi connectivity index (χ0n) is 10.5. The van der Waals surface area contributed by atoms with Gasteiger partial charge in [0.15, 0.2) is 0 Å².